The molecule has 5 aromatic rings. The predicted octanol–water partition coefficient (Wildman–Crippen LogP) is 6.20. The Balaban J connectivity index is 0.000000177. The molecular weight excluding hydrogens is 1060 g/mol. The van der Waals surface area contributed by atoms with Crippen LogP contribution < -0.4 is 22.5 Å². The molecular formula is C59H68FN11O11. The largest absolute Gasteiger partial charge is 0.480 e. The SMILES string of the molecule is C=C1[C@H](Cc2ccnc(N)c2)[C@@H](C(=O)O)N1C(=O)NC(C)c1cccnc1.CC(CC(=O)N1C(=O)[C@H](Cc2ccnc(N)c2)[C@H]1C(=O)O)c1cccc(F)c1.C[C@@H](CC(=O)N1C(=O)[C@H](Cc2ccnc(N)c2)[C@H]1C(=O)O)C1CCCCC1. The minimum absolute atomic E-state index is 0.0894. The molecule has 82 heavy (non-hydrogen) atoms. The van der Waals surface area contributed by atoms with Crippen molar-refractivity contribution in [1.82, 2.24) is 40.0 Å². The van der Waals surface area contributed by atoms with Crippen LogP contribution in [0.1, 0.15) is 105 Å². The van der Waals surface area contributed by atoms with Gasteiger partial charge in [-0.15, -0.1) is 0 Å². The maximum absolute atomic E-state index is 13.4. The van der Waals surface area contributed by atoms with Gasteiger partial charge in [-0.2, -0.15) is 0 Å². The lowest BCUT2D eigenvalue weighted by atomic mass is 9.78. The van der Waals surface area contributed by atoms with Crippen molar-refractivity contribution in [2.75, 3.05) is 17.2 Å². The summed E-state index contributed by atoms with van der Waals surface area (Å²) in [7, 11) is 0. The quantitative estimate of drug-likeness (QED) is 0.0510. The standard InChI is InChI=1S/C20H20FN3O4.C20H27N3O4.C19H21N5O3/c1-11(13-3-2-4-14(21)10-13)7-17(25)24-18(20(27)28)15(19(24)26)8-12-5-6-23-16(22)9-12;1-12(14-5-3-2-4-6-14)9-17(24)23-18(20(26)27)15(19(23)25)10-13-7-8-22-16(21)11-13;1-11(14-4-3-6-21-10-14)23-19(27)24-12(2)15(17(24)18(25)26)8-13-5-7-22-16(20)9-13/h2-6,9-11,15,18H,7-8H2,1H3,(H2,22,23)(H,27,28);7-8,11-12,14-15,18H,2-6,9-10H2,1H3,(H2,21,22)(H,26,27);3-7,9-11,15,17H,2,8H2,1H3,(H2,20,22)(H,23,27)(H,25,26)/t11?,15-,18+;12-,15+,18-;11?,15-,17-/m100/s1. The van der Waals surface area contributed by atoms with Crippen molar-refractivity contribution in [3.63, 3.8) is 0 Å². The number of aliphatic carboxylic acids is 3. The number of nitrogens with two attached hydrogens (primary N) is 3. The summed E-state index contributed by atoms with van der Waals surface area (Å²) in [4.78, 5) is 117. The Hall–Kier alpha value is -9.15. The van der Waals surface area contributed by atoms with Crippen LogP contribution in [0.4, 0.5) is 26.6 Å². The number of anilines is 3. The van der Waals surface area contributed by atoms with E-state index in [-0.39, 0.29) is 61.2 Å². The number of carbonyl (C=O) groups excluding carboxylic acids is 5. The maximum Gasteiger partial charge on any atom is 0.327 e. The topological polar surface area (TPSA) is 349 Å². The van der Waals surface area contributed by atoms with Crippen molar-refractivity contribution in [1.29, 1.82) is 0 Å². The highest BCUT2D eigenvalue weighted by Crippen LogP contribution is 2.39. The number of nitrogen functional groups attached to an aromatic ring is 3. The van der Waals surface area contributed by atoms with E-state index >= 15 is 0 Å². The van der Waals surface area contributed by atoms with E-state index in [9.17, 15) is 58.1 Å². The molecule has 4 aromatic heterocycles. The minimum Gasteiger partial charge on any atom is -0.480 e. The highest BCUT2D eigenvalue weighted by Gasteiger charge is 2.56. The number of carboxylic acids is 3. The fourth-order valence-electron chi connectivity index (χ4n) is 11.2. The molecule has 2 unspecified atom stereocenters. The summed E-state index contributed by atoms with van der Waals surface area (Å²) in [6, 6.07) is 15.4. The molecule has 4 fully saturated rings. The van der Waals surface area contributed by atoms with E-state index < -0.39 is 77.4 Å². The Morgan fingerprint density at radius 2 is 1.09 bits per heavy atom. The van der Waals surface area contributed by atoms with Gasteiger partial charge in [0.2, 0.25) is 23.6 Å². The zero-order valence-corrected chi connectivity index (χ0v) is 45.7. The highest BCUT2D eigenvalue weighted by molar-refractivity contribution is 6.09. The third-order valence-corrected chi connectivity index (χ3v) is 15.6. The molecule has 9 atom stereocenters. The first-order valence-corrected chi connectivity index (χ1v) is 27.0. The van der Waals surface area contributed by atoms with Crippen LogP contribution in [-0.4, -0.2) is 116 Å². The third-order valence-electron chi connectivity index (χ3n) is 15.6. The van der Waals surface area contributed by atoms with Crippen LogP contribution in [0.15, 0.2) is 116 Å². The number of carbonyl (C=O) groups is 8. The number of nitrogens with zero attached hydrogens (tertiary/aromatic N) is 7. The number of imide groups is 2. The first-order chi connectivity index (χ1) is 39.0. The summed E-state index contributed by atoms with van der Waals surface area (Å²) in [5.41, 5.74) is 21.1. The van der Waals surface area contributed by atoms with Gasteiger partial charge in [0.15, 0.2) is 0 Å². The molecule has 0 radical (unpaired) electrons. The van der Waals surface area contributed by atoms with Gasteiger partial charge in [-0.05, 0) is 126 Å². The van der Waals surface area contributed by atoms with Crippen molar-refractivity contribution in [3.8, 4) is 0 Å². The Morgan fingerprint density at radius 1 is 0.622 bits per heavy atom. The predicted molar refractivity (Wildman–Crippen MR) is 297 cm³/mol. The van der Waals surface area contributed by atoms with Crippen LogP contribution in [0, 0.1) is 35.4 Å². The van der Waals surface area contributed by atoms with Crippen molar-refractivity contribution in [3.05, 3.63) is 150 Å². The van der Waals surface area contributed by atoms with Crippen LogP contribution in [0.3, 0.4) is 0 Å². The molecule has 23 heteroatoms. The summed E-state index contributed by atoms with van der Waals surface area (Å²) in [6.45, 7) is 9.49. The van der Waals surface area contributed by atoms with Crippen molar-refractivity contribution in [2.45, 2.75) is 115 Å². The number of hydrogen-bond acceptors (Lipinski definition) is 15. The van der Waals surface area contributed by atoms with Gasteiger partial charge >= 0.3 is 23.9 Å². The second kappa shape index (κ2) is 26.9. The van der Waals surface area contributed by atoms with Gasteiger partial charge < -0.3 is 37.8 Å². The smallest absolute Gasteiger partial charge is 0.327 e. The number of benzene rings is 1. The number of rotatable bonds is 17. The molecule has 22 nitrogen and oxygen atoms in total. The molecule has 1 aromatic carbocycles. The molecule has 6 amide bonds. The monoisotopic (exact) mass is 1130 g/mol. The molecule has 1 aliphatic carbocycles. The second-order valence-corrected chi connectivity index (χ2v) is 21.3. The number of aromatic nitrogens is 4. The highest BCUT2D eigenvalue weighted by atomic mass is 19.1. The lowest BCUT2D eigenvalue weighted by Gasteiger charge is -2.47. The fourth-order valence-corrected chi connectivity index (χ4v) is 11.2. The molecule has 3 aliphatic heterocycles. The molecule has 4 aliphatic rings. The van der Waals surface area contributed by atoms with E-state index in [4.69, 9.17) is 17.2 Å². The van der Waals surface area contributed by atoms with E-state index in [1.54, 1.807) is 74.0 Å². The van der Waals surface area contributed by atoms with Crippen molar-refractivity contribution in [2.24, 2.45) is 29.6 Å². The first-order valence-electron chi connectivity index (χ1n) is 27.0. The number of urea groups is 1. The molecule has 432 valence electrons. The lowest BCUT2D eigenvalue weighted by Crippen LogP contribution is -2.67. The number of hydrogen-bond donors (Lipinski definition) is 7. The second-order valence-electron chi connectivity index (χ2n) is 21.3. The van der Waals surface area contributed by atoms with Crippen LogP contribution in [-0.2, 0) is 52.8 Å². The summed E-state index contributed by atoms with van der Waals surface area (Å²) in [5.74, 6) is -6.46. The fraction of sp³-hybridized carbons (Fsp3) is 0.390. The summed E-state index contributed by atoms with van der Waals surface area (Å²) >= 11 is 0. The number of likely N-dealkylation sites (tertiary alicyclic amines) is 3. The zero-order chi connectivity index (χ0) is 59.5. The van der Waals surface area contributed by atoms with Gasteiger partial charge in [0.25, 0.3) is 0 Å². The number of pyridine rings is 4. The van der Waals surface area contributed by atoms with Crippen molar-refractivity contribution < 1.29 is 58.1 Å². The van der Waals surface area contributed by atoms with Crippen LogP contribution in [0.25, 0.3) is 0 Å². The van der Waals surface area contributed by atoms with E-state index in [2.05, 4.69) is 31.8 Å². The van der Waals surface area contributed by atoms with Gasteiger partial charge in [-0.3, -0.25) is 38.9 Å². The van der Waals surface area contributed by atoms with Gasteiger partial charge in [0, 0.05) is 55.4 Å². The molecule has 0 spiro atoms. The molecule has 0 bridgehead atoms. The number of carboxylic acid groups (broad SMARTS) is 3. The molecule has 7 heterocycles. The first kappa shape index (κ1) is 60.5. The number of amides is 6. The number of β-lactam (4-membered cyclic amide) rings is 2. The van der Waals surface area contributed by atoms with Gasteiger partial charge in [0.1, 0.15) is 41.4 Å². The summed E-state index contributed by atoms with van der Waals surface area (Å²) in [6.07, 6.45) is 14.7. The van der Waals surface area contributed by atoms with Gasteiger partial charge in [0.05, 0.1) is 17.9 Å². The Bertz CT molecular complexity index is 3200. The van der Waals surface area contributed by atoms with Crippen LogP contribution in [0.5, 0.6) is 0 Å². The Labute approximate surface area is 473 Å². The van der Waals surface area contributed by atoms with E-state index in [0.29, 0.717) is 40.8 Å². The number of nitrogens with one attached hydrogen (secondary N) is 1. The maximum atomic E-state index is 13.4. The van der Waals surface area contributed by atoms with E-state index in [0.717, 1.165) is 39.3 Å². The minimum atomic E-state index is -1.24. The Kier molecular flexibility index (Phi) is 19.8. The van der Waals surface area contributed by atoms with Gasteiger partial charge in [-0.1, -0.05) is 70.7 Å². The third kappa shape index (κ3) is 14.4. The average molecular weight is 1130 g/mol. The van der Waals surface area contributed by atoms with Crippen LogP contribution in [0.2, 0.25) is 0 Å². The molecule has 3 saturated heterocycles. The van der Waals surface area contributed by atoms with Crippen LogP contribution >= 0.6 is 0 Å². The summed E-state index contributed by atoms with van der Waals surface area (Å²) in [5, 5.41) is 31.5. The summed E-state index contributed by atoms with van der Waals surface area (Å²) < 4.78 is 13.4. The molecule has 10 N–H and O–H groups in total. The van der Waals surface area contributed by atoms with E-state index in [1.807, 2.05) is 19.9 Å². The van der Waals surface area contributed by atoms with Crippen molar-refractivity contribution >= 4 is 65.0 Å². The zero-order valence-electron chi connectivity index (χ0n) is 45.7. The molecule has 9 rings (SSSR count). The number of halogens is 1. The normalized spacial score (nSPS) is 21.3. The average Bonchev–Trinajstić information content (AvgIpc) is 3.58. The lowest BCUT2D eigenvalue weighted by molar-refractivity contribution is -0.177. The van der Waals surface area contributed by atoms with E-state index in [1.165, 1.54) is 54.8 Å². The Morgan fingerprint density at radius 3 is 1.54 bits per heavy atom. The van der Waals surface area contributed by atoms with Gasteiger partial charge in [-0.25, -0.2) is 38.5 Å². The molecule has 1 saturated carbocycles.